The first-order chi connectivity index (χ1) is 14.1. The summed E-state index contributed by atoms with van der Waals surface area (Å²) in [5.74, 6) is -0.133. The largest absolute Gasteiger partial charge is 0.347 e. The van der Waals surface area contributed by atoms with Crippen molar-refractivity contribution >= 4 is 49.9 Å². The summed E-state index contributed by atoms with van der Waals surface area (Å²) in [5.41, 5.74) is 2.39. The zero-order chi connectivity index (χ0) is 20.2. The number of para-hydroxylation sites is 1. The minimum Gasteiger partial charge on any atom is -0.347 e. The molecule has 0 saturated carbocycles. The van der Waals surface area contributed by atoms with E-state index < -0.39 is 0 Å². The Morgan fingerprint density at radius 2 is 1.93 bits per heavy atom. The fourth-order valence-corrected chi connectivity index (χ4v) is 4.53. The van der Waals surface area contributed by atoms with Crippen LogP contribution in [0.15, 0.2) is 48.5 Å². The van der Waals surface area contributed by atoms with Gasteiger partial charge in [0.05, 0.1) is 16.1 Å². The summed E-state index contributed by atoms with van der Waals surface area (Å²) >= 11 is 1.67. The molecule has 7 heteroatoms. The van der Waals surface area contributed by atoms with Crippen molar-refractivity contribution in [3.63, 3.8) is 0 Å². The van der Waals surface area contributed by atoms with E-state index in [1.807, 2.05) is 36.4 Å². The van der Waals surface area contributed by atoms with Crippen molar-refractivity contribution in [1.29, 1.82) is 0 Å². The molecule has 0 spiro atoms. The van der Waals surface area contributed by atoms with Gasteiger partial charge in [-0.1, -0.05) is 36.5 Å². The molecule has 0 radical (unpaired) electrons. The lowest BCUT2D eigenvalue weighted by atomic mass is 9.97. The Morgan fingerprint density at radius 1 is 1.14 bits per heavy atom. The van der Waals surface area contributed by atoms with Crippen LogP contribution in [0.2, 0.25) is 0 Å². The van der Waals surface area contributed by atoms with Crippen LogP contribution in [-0.4, -0.2) is 29.9 Å². The Balaban J connectivity index is 1.42. The molecule has 0 bridgehead atoms. The summed E-state index contributed by atoms with van der Waals surface area (Å²) in [6, 6.07) is 15.4. The Morgan fingerprint density at radius 3 is 2.72 bits per heavy atom. The average Bonchev–Trinajstić information content (AvgIpc) is 3.18. The fourth-order valence-electron chi connectivity index (χ4n) is 3.53. The molecular formula is C22H24N4O2S. The number of carbonyl (C=O) groups is 2. The van der Waals surface area contributed by atoms with Crippen molar-refractivity contribution < 1.29 is 9.59 Å². The van der Waals surface area contributed by atoms with Crippen LogP contribution in [0.25, 0.3) is 10.2 Å². The van der Waals surface area contributed by atoms with Crippen molar-refractivity contribution in [1.82, 2.24) is 4.98 Å². The minimum absolute atomic E-state index is 0.00905. The highest BCUT2D eigenvalue weighted by Gasteiger charge is 2.27. The number of nitrogens with zero attached hydrogens (tertiary/aromatic N) is 2. The van der Waals surface area contributed by atoms with Crippen LogP contribution >= 0.6 is 11.3 Å². The van der Waals surface area contributed by atoms with Gasteiger partial charge in [-0.05, 0) is 43.2 Å². The fraction of sp³-hybridized carbons (Fsp3) is 0.318. The topological polar surface area (TPSA) is 74.3 Å². The first-order valence-corrected chi connectivity index (χ1v) is 10.8. The van der Waals surface area contributed by atoms with Gasteiger partial charge in [0.1, 0.15) is 0 Å². The Bertz CT molecular complexity index is 999. The van der Waals surface area contributed by atoms with E-state index >= 15 is 0 Å². The number of fused-ring (bicyclic) bond motifs is 1. The second kappa shape index (κ2) is 8.61. The van der Waals surface area contributed by atoms with Crippen LogP contribution in [-0.2, 0) is 9.59 Å². The molecule has 4 rings (SSSR count). The van der Waals surface area contributed by atoms with Crippen molar-refractivity contribution in [3.05, 3.63) is 48.5 Å². The predicted molar refractivity (Wildman–Crippen MR) is 119 cm³/mol. The van der Waals surface area contributed by atoms with Gasteiger partial charge in [-0.3, -0.25) is 9.59 Å². The van der Waals surface area contributed by atoms with Gasteiger partial charge in [0.25, 0.3) is 0 Å². The van der Waals surface area contributed by atoms with Crippen LogP contribution in [0.4, 0.5) is 16.5 Å². The number of amides is 2. The summed E-state index contributed by atoms with van der Waals surface area (Å²) in [6.07, 6.45) is 2.24. The summed E-state index contributed by atoms with van der Waals surface area (Å²) < 4.78 is 1.17. The molecule has 3 aromatic rings. The number of benzene rings is 2. The van der Waals surface area contributed by atoms with E-state index in [0.717, 1.165) is 30.0 Å². The molecule has 29 heavy (non-hydrogen) atoms. The van der Waals surface area contributed by atoms with Crippen molar-refractivity contribution in [3.8, 4) is 0 Å². The average molecular weight is 409 g/mol. The summed E-state index contributed by atoms with van der Waals surface area (Å²) in [4.78, 5) is 31.4. The zero-order valence-electron chi connectivity index (χ0n) is 16.4. The molecule has 2 N–H and O–H groups in total. The number of hydrogen-bond donors (Lipinski definition) is 2. The zero-order valence-corrected chi connectivity index (χ0v) is 17.2. The lowest BCUT2D eigenvalue weighted by Gasteiger charge is -2.31. The Labute approximate surface area is 173 Å². The lowest BCUT2D eigenvalue weighted by Crippen LogP contribution is -2.40. The number of anilines is 3. The van der Waals surface area contributed by atoms with Gasteiger partial charge in [-0.25, -0.2) is 4.98 Å². The SMILES string of the molecule is CCC(=O)Nc1cccc(NC(=O)[C@H]2CCCN(c3nc4ccccc4s3)C2)c1. The van der Waals surface area contributed by atoms with Gasteiger partial charge in [0.2, 0.25) is 11.8 Å². The van der Waals surface area contributed by atoms with Crippen LogP contribution in [0.3, 0.4) is 0 Å². The molecule has 1 fully saturated rings. The normalized spacial score (nSPS) is 16.6. The summed E-state index contributed by atoms with van der Waals surface area (Å²) in [7, 11) is 0. The van der Waals surface area contributed by atoms with Crippen molar-refractivity contribution in [2.45, 2.75) is 26.2 Å². The maximum absolute atomic E-state index is 12.9. The highest BCUT2D eigenvalue weighted by molar-refractivity contribution is 7.22. The van der Waals surface area contributed by atoms with E-state index in [2.05, 4.69) is 21.6 Å². The van der Waals surface area contributed by atoms with E-state index in [4.69, 9.17) is 4.98 Å². The van der Waals surface area contributed by atoms with Gasteiger partial charge >= 0.3 is 0 Å². The number of carbonyl (C=O) groups excluding carboxylic acids is 2. The lowest BCUT2D eigenvalue weighted by molar-refractivity contribution is -0.120. The standard InChI is InChI=1S/C22H24N4O2S/c1-2-20(27)23-16-8-5-9-17(13-16)24-21(28)15-7-6-12-26(14-15)22-25-18-10-3-4-11-19(18)29-22/h3-5,8-11,13,15H,2,6-7,12,14H2,1H3,(H,23,27)(H,24,28)/t15-/m0/s1. The molecule has 1 atom stereocenters. The molecule has 2 amide bonds. The monoisotopic (exact) mass is 408 g/mol. The molecule has 150 valence electrons. The Kier molecular flexibility index (Phi) is 5.76. The Hall–Kier alpha value is -2.93. The van der Waals surface area contributed by atoms with Gasteiger partial charge in [0.15, 0.2) is 5.13 Å². The molecule has 1 aliphatic rings. The van der Waals surface area contributed by atoms with E-state index in [0.29, 0.717) is 24.3 Å². The molecule has 0 aliphatic carbocycles. The van der Waals surface area contributed by atoms with Crippen LogP contribution in [0.5, 0.6) is 0 Å². The van der Waals surface area contributed by atoms with Gasteiger partial charge < -0.3 is 15.5 Å². The predicted octanol–water partition coefficient (Wildman–Crippen LogP) is 4.50. The van der Waals surface area contributed by atoms with Crippen LogP contribution in [0.1, 0.15) is 26.2 Å². The van der Waals surface area contributed by atoms with Crippen molar-refractivity contribution in [2.24, 2.45) is 5.92 Å². The molecular weight excluding hydrogens is 384 g/mol. The number of rotatable bonds is 5. The van der Waals surface area contributed by atoms with Gasteiger partial charge in [-0.2, -0.15) is 0 Å². The summed E-state index contributed by atoms with van der Waals surface area (Å²) in [6.45, 7) is 3.39. The molecule has 1 aliphatic heterocycles. The quantitative estimate of drug-likeness (QED) is 0.652. The van der Waals surface area contributed by atoms with E-state index in [-0.39, 0.29) is 17.7 Å². The van der Waals surface area contributed by atoms with Gasteiger partial charge in [-0.15, -0.1) is 0 Å². The van der Waals surface area contributed by atoms with E-state index in [1.54, 1.807) is 24.3 Å². The third-order valence-electron chi connectivity index (χ3n) is 5.08. The van der Waals surface area contributed by atoms with Crippen LogP contribution in [0, 0.1) is 5.92 Å². The smallest absolute Gasteiger partial charge is 0.229 e. The maximum atomic E-state index is 12.9. The highest BCUT2D eigenvalue weighted by atomic mass is 32.1. The molecule has 0 unspecified atom stereocenters. The third-order valence-corrected chi connectivity index (χ3v) is 6.18. The second-order valence-electron chi connectivity index (χ2n) is 7.22. The first kappa shape index (κ1) is 19.4. The van der Waals surface area contributed by atoms with Crippen molar-refractivity contribution in [2.75, 3.05) is 28.6 Å². The molecule has 1 saturated heterocycles. The number of aromatic nitrogens is 1. The number of thiazole rings is 1. The number of piperidine rings is 1. The van der Waals surface area contributed by atoms with Gasteiger partial charge in [0, 0.05) is 30.9 Å². The molecule has 2 heterocycles. The second-order valence-corrected chi connectivity index (χ2v) is 8.23. The third kappa shape index (κ3) is 4.56. The maximum Gasteiger partial charge on any atom is 0.229 e. The minimum atomic E-state index is -0.0929. The molecule has 6 nitrogen and oxygen atoms in total. The number of hydrogen-bond acceptors (Lipinski definition) is 5. The van der Waals surface area contributed by atoms with Crippen LogP contribution < -0.4 is 15.5 Å². The number of nitrogens with one attached hydrogen (secondary N) is 2. The molecule has 1 aromatic heterocycles. The highest BCUT2D eigenvalue weighted by Crippen LogP contribution is 2.31. The van der Waals surface area contributed by atoms with E-state index in [9.17, 15) is 9.59 Å². The first-order valence-electron chi connectivity index (χ1n) is 9.93. The molecule has 2 aromatic carbocycles. The van der Waals surface area contributed by atoms with E-state index in [1.165, 1.54) is 4.70 Å². The summed E-state index contributed by atoms with van der Waals surface area (Å²) in [5, 5.41) is 6.81.